The van der Waals surface area contributed by atoms with Crippen molar-refractivity contribution < 1.29 is 18.8 Å². The van der Waals surface area contributed by atoms with Crippen molar-refractivity contribution in [3.05, 3.63) is 53.9 Å². The number of hydrogen-bond acceptors (Lipinski definition) is 6. The minimum atomic E-state index is -0.155. The number of hydrogen-bond donors (Lipinski definition) is 1. The van der Waals surface area contributed by atoms with Crippen LogP contribution in [0.4, 0.5) is 5.69 Å². The van der Waals surface area contributed by atoms with Gasteiger partial charge in [-0.25, -0.2) is 0 Å². The minimum Gasteiger partial charge on any atom is -0.493 e. The molecule has 3 aromatic rings. The van der Waals surface area contributed by atoms with Crippen LogP contribution in [0.3, 0.4) is 0 Å². The molecule has 0 bridgehead atoms. The number of carbonyl (C=O) groups excluding carboxylic acids is 1. The van der Waals surface area contributed by atoms with Crippen molar-refractivity contribution in [2.45, 2.75) is 19.8 Å². The average molecular weight is 367 g/mol. The number of ether oxygens (including phenoxy) is 2. The first-order valence-corrected chi connectivity index (χ1v) is 8.50. The summed E-state index contributed by atoms with van der Waals surface area (Å²) in [6, 6.07) is 13.0. The first kappa shape index (κ1) is 18.4. The molecule has 0 aliphatic rings. The fourth-order valence-electron chi connectivity index (χ4n) is 2.62. The lowest BCUT2D eigenvalue weighted by Crippen LogP contribution is -2.12. The van der Waals surface area contributed by atoms with E-state index >= 15 is 0 Å². The molecule has 0 fully saturated rings. The third-order valence-corrected chi connectivity index (χ3v) is 3.98. The van der Waals surface area contributed by atoms with E-state index in [0.717, 1.165) is 11.1 Å². The van der Waals surface area contributed by atoms with Crippen molar-refractivity contribution in [3.8, 4) is 22.9 Å². The predicted octanol–water partition coefficient (Wildman–Crippen LogP) is 3.63. The number of benzene rings is 2. The Bertz CT molecular complexity index is 936. The number of carbonyl (C=O) groups is 1. The first-order chi connectivity index (χ1) is 13.1. The van der Waals surface area contributed by atoms with E-state index in [4.69, 9.17) is 14.0 Å². The van der Waals surface area contributed by atoms with Crippen molar-refractivity contribution in [3.63, 3.8) is 0 Å². The summed E-state index contributed by atoms with van der Waals surface area (Å²) < 4.78 is 15.7. The van der Waals surface area contributed by atoms with Gasteiger partial charge in [-0.05, 0) is 25.1 Å². The number of aromatic nitrogens is 2. The minimum absolute atomic E-state index is 0.155. The van der Waals surface area contributed by atoms with E-state index in [1.807, 2.05) is 31.2 Å². The number of aryl methyl sites for hydroxylation is 2. The van der Waals surface area contributed by atoms with Gasteiger partial charge in [0.2, 0.25) is 17.6 Å². The zero-order valence-corrected chi connectivity index (χ0v) is 15.5. The Kier molecular flexibility index (Phi) is 5.71. The highest BCUT2D eigenvalue weighted by molar-refractivity contribution is 5.91. The van der Waals surface area contributed by atoms with Gasteiger partial charge in [0.1, 0.15) is 0 Å². The SMILES string of the molecule is COc1ccc(NC(=O)CCc2nc(-c3cccc(C)c3)no2)cc1OC. The molecule has 1 aromatic heterocycles. The highest BCUT2D eigenvalue weighted by Gasteiger charge is 2.12. The van der Waals surface area contributed by atoms with Crippen molar-refractivity contribution in [2.75, 3.05) is 19.5 Å². The molecule has 0 saturated carbocycles. The Morgan fingerprint density at radius 2 is 1.93 bits per heavy atom. The van der Waals surface area contributed by atoms with Crippen LogP contribution in [0.5, 0.6) is 11.5 Å². The topological polar surface area (TPSA) is 86.5 Å². The molecule has 140 valence electrons. The Labute approximate surface area is 157 Å². The van der Waals surface area contributed by atoms with Gasteiger partial charge in [0.25, 0.3) is 0 Å². The number of methoxy groups -OCH3 is 2. The van der Waals surface area contributed by atoms with Crippen LogP contribution < -0.4 is 14.8 Å². The van der Waals surface area contributed by atoms with Crippen LogP contribution in [0.1, 0.15) is 17.9 Å². The quantitative estimate of drug-likeness (QED) is 0.686. The summed E-state index contributed by atoms with van der Waals surface area (Å²) in [4.78, 5) is 16.5. The van der Waals surface area contributed by atoms with Crippen LogP contribution in [0.25, 0.3) is 11.4 Å². The molecule has 0 unspecified atom stereocenters. The van der Waals surface area contributed by atoms with Crippen LogP contribution in [0.15, 0.2) is 47.0 Å². The van der Waals surface area contributed by atoms with Gasteiger partial charge in [0.05, 0.1) is 14.2 Å². The summed E-state index contributed by atoms with van der Waals surface area (Å²) >= 11 is 0. The Morgan fingerprint density at radius 3 is 2.67 bits per heavy atom. The summed E-state index contributed by atoms with van der Waals surface area (Å²) in [6.45, 7) is 2.00. The summed E-state index contributed by atoms with van der Waals surface area (Å²) in [6.07, 6.45) is 0.585. The maximum absolute atomic E-state index is 12.2. The molecule has 1 N–H and O–H groups in total. The first-order valence-electron chi connectivity index (χ1n) is 8.50. The molecule has 1 amide bonds. The molecule has 0 atom stereocenters. The third-order valence-electron chi connectivity index (χ3n) is 3.98. The van der Waals surface area contributed by atoms with Gasteiger partial charge in [0, 0.05) is 30.2 Å². The summed E-state index contributed by atoms with van der Waals surface area (Å²) in [5, 5.41) is 6.80. The van der Waals surface area contributed by atoms with Gasteiger partial charge in [-0.2, -0.15) is 4.98 Å². The van der Waals surface area contributed by atoms with Gasteiger partial charge in [-0.1, -0.05) is 28.9 Å². The zero-order valence-electron chi connectivity index (χ0n) is 15.5. The zero-order chi connectivity index (χ0) is 19.2. The molecule has 7 nitrogen and oxygen atoms in total. The van der Waals surface area contributed by atoms with Crippen LogP contribution in [-0.2, 0) is 11.2 Å². The van der Waals surface area contributed by atoms with Crippen LogP contribution >= 0.6 is 0 Å². The maximum Gasteiger partial charge on any atom is 0.227 e. The highest BCUT2D eigenvalue weighted by atomic mass is 16.5. The van der Waals surface area contributed by atoms with E-state index in [0.29, 0.717) is 35.3 Å². The lowest BCUT2D eigenvalue weighted by Gasteiger charge is -2.10. The molecular formula is C20H21N3O4. The number of anilines is 1. The Morgan fingerprint density at radius 1 is 1.11 bits per heavy atom. The highest BCUT2D eigenvalue weighted by Crippen LogP contribution is 2.29. The fourth-order valence-corrected chi connectivity index (χ4v) is 2.62. The monoisotopic (exact) mass is 367 g/mol. The smallest absolute Gasteiger partial charge is 0.227 e. The standard InChI is InChI=1S/C20H21N3O4/c1-13-5-4-6-14(11-13)20-22-19(27-23-20)10-9-18(24)21-15-7-8-16(25-2)17(12-15)26-3/h4-8,11-12H,9-10H2,1-3H3,(H,21,24). The third kappa shape index (κ3) is 4.63. The van der Waals surface area contributed by atoms with Crippen LogP contribution in [-0.4, -0.2) is 30.3 Å². The predicted molar refractivity (Wildman–Crippen MR) is 101 cm³/mol. The van der Waals surface area contributed by atoms with Gasteiger partial charge in [0.15, 0.2) is 11.5 Å². The Balaban J connectivity index is 1.58. The number of nitrogens with one attached hydrogen (secondary N) is 1. The van der Waals surface area contributed by atoms with Gasteiger partial charge in [-0.3, -0.25) is 4.79 Å². The van der Waals surface area contributed by atoms with Crippen molar-refractivity contribution in [2.24, 2.45) is 0 Å². The van der Waals surface area contributed by atoms with E-state index in [9.17, 15) is 4.79 Å². The molecule has 3 rings (SSSR count). The number of nitrogens with zero attached hydrogens (tertiary/aromatic N) is 2. The summed E-state index contributed by atoms with van der Waals surface area (Å²) in [5.41, 5.74) is 2.64. The molecule has 2 aromatic carbocycles. The second-order valence-corrected chi connectivity index (χ2v) is 6.00. The lowest BCUT2D eigenvalue weighted by atomic mass is 10.1. The molecule has 7 heteroatoms. The van der Waals surface area contributed by atoms with Crippen molar-refractivity contribution >= 4 is 11.6 Å². The summed E-state index contributed by atoms with van der Waals surface area (Å²) in [7, 11) is 3.11. The molecule has 0 saturated heterocycles. The van der Waals surface area contributed by atoms with Crippen molar-refractivity contribution in [1.82, 2.24) is 10.1 Å². The molecular weight excluding hydrogens is 346 g/mol. The van der Waals surface area contributed by atoms with E-state index in [1.165, 1.54) is 0 Å². The van der Waals surface area contributed by atoms with Crippen LogP contribution in [0, 0.1) is 6.92 Å². The number of rotatable bonds is 7. The van der Waals surface area contributed by atoms with Crippen molar-refractivity contribution in [1.29, 1.82) is 0 Å². The van der Waals surface area contributed by atoms with E-state index in [1.54, 1.807) is 32.4 Å². The molecule has 1 heterocycles. The molecule has 27 heavy (non-hydrogen) atoms. The van der Waals surface area contributed by atoms with E-state index in [-0.39, 0.29) is 12.3 Å². The fraction of sp³-hybridized carbons (Fsp3) is 0.250. The normalized spacial score (nSPS) is 10.5. The average Bonchev–Trinajstić information content (AvgIpc) is 3.15. The van der Waals surface area contributed by atoms with Crippen LogP contribution in [0.2, 0.25) is 0 Å². The second-order valence-electron chi connectivity index (χ2n) is 6.00. The number of amides is 1. The maximum atomic E-state index is 12.2. The second kappa shape index (κ2) is 8.35. The van der Waals surface area contributed by atoms with Gasteiger partial charge >= 0.3 is 0 Å². The molecule has 0 aliphatic carbocycles. The molecule has 0 aliphatic heterocycles. The Hall–Kier alpha value is -3.35. The van der Waals surface area contributed by atoms with Gasteiger partial charge < -0.3 is 19.3 Å². The lowest BCUT2D eigenvalue weighted by molar-refractivity contribution is -0.116. The molecule has 0 radical (unpaired) electrons. The van der Waals surface area contributed by atoms with Gasteiger partial charge in [-0.15, -0.1) is 0 Å². The largest absolute Gasteiger partial charge is 0.493 e. The van der Waals surface area contributed by atoms with E-state index < -0.39 is 0 Å². The molecule has 0 spiro atoms. The van der Waals surface area contributed by atoms with E-state index in [2.05, 4.69) is 15.5 Å². The summed E-state index contributed by atoms with van der Waals surface area (Å²) in [5.74, 6) is 1.94.